The zero-order valence-electron chi connectivity index (χ0n) is 18.8. The quantitative estimate of drug-likeness (QED) is 0.469. The first-order chi connectivity index (χ1) is 16.3. The van der Waals surface area contributed by atoms with Gasteiger partial charge >= 0.3 is 0 Å². The normalized spacial score (nSPS) is 16.9. The van der Waals surface area contributed by atoms with Crippen LogP contribution in [0.5, 0.6) is 17.4 Å². The van der Waals surface area contributed by atoms with E-state index in [0.29, 0.717) is 42.8 Å². The molecule has 3 heterocycles. The molecule has 172 valence electrons. The van der Waals surface area contributed by atoms with Crippen molar-refractivity contribution in [1.82, 2.24) is 15.0 Å². The average molecular weight is 448 g/mol. The van der Waals surface area contributed by atoms with Gasteiger partial charge in [0.2, 0.25) is 5.88 Å². The fraction of sp³-hybridized carbons (Fsp3) is 0.423. The van der Waals surface area contributed by atoms with Gasteiger partial charge < -0.3 is 18.9 Å². The molecule has 0 spiro atoms. The highest BCUT2D eigenvalue weighted by Gasteiger charge is 2.27. The molecule has 0 unspecified atom stereocenters. The second-order valence-corrected chi connectivity index (χ2v) is 8.65. The number of benzene rings is 1. The van der Waals surface area contributed by atoms with Gasteiger partial charge in [0, 0.05) is 30.3 Å². The number of carbonyl (C=O) groups is 1. The molecule has 0 saturated heterocycles. The van der Waals surface area contributed by atoms with E-state index < -0.39 is 0 Å². The molecule has 0 radical (unpaired) electrons. The summed E-state index contributed by atoms with van der Waals surface area (Å²) in [5.74, 6) is 2.59. The van der Waals surface area contributed by atoms with Gasteiger partial charge in [-0.1, -0.05) is 29.8 Å². The lowest BCUT2D eigenvalue weighted by molar-refractivity contribution is 0.0727. The van der Waals surface area contributed by atoms with E-state index >= 15 is 0 Å². The number of aryl methyl sites for hydroxylation is 1. The third kappa shape index (κ3) is 4.87. The standard InChI is InChI=1S/C26H29N3O4/c30-26(24-20-11-3-1-4-12-21(20)33-28-24)29-16-7-2-8-17-31-22-13-5-6-14-23(22)32-25-19(18-29)10-9-15-27-25/h5-6,9-10,13-15H,1-4,7-8,11-12,16-18H2. The number of pyridine rings is 1. The lowest BCUT2D eigenvalue weighted by atomic mass is 10.1. The molecule has 3 aromatic rings. The molecule has 5 rings (SSSR count). The van der Waals surface area contributed by atoms with E-state index in [9.17, 15) is 4.79 Å². The van der Waals surface area contributed by atoms with Crippen molar-refractivity contribution >= 4 is 5.91 Å². The molecule has 2 aromatic heterocycles. The van der Waals surface area contributed by atoms with Crippen LogP contribution in [0.3, 0.4) is 0 Å². The third-order valence-corrected chi connectivity index (χ3v) is 6.29. The van der Waals surface area contributed by atoms with Crippen LogP contribution in [0, 0.1) is 0 Å². The van der Waals surface area contributed by atoms with Gasteiger partial charge in [0.15, 0.2) is 17.2 Å². The first-order valence-electron chi connectivity index (χ1n) is 11.9. The smallest absolute Gasteiger partial charge is 0.276 e. The van der Waals surface area contributed by atoms with E-state index in [0.717, 1.165) is 68.3 Å². The SMILES string of the molecule is O=C(c1noc2c1CCCCC2)N1CCCCCOc2ccccc2Oc2ncccc2C1. The number of para-hydroxylation sites is 2. The summed E-state index contributed by atoms with van der Waals surface area (Å²) in [6, 6.07) is 11.4. The van der Waals surface area contributed by atoms with Crippen molar-refractivity contribution < 1.29 is 18.8 Å². The third-order valence-electron chi connectivity index (χ3n) is 6.29. The summed E-state index contributed by atoms with van der Waals surface area (Å²) in [4.78, 5) is 20.0. The van der Waals surface area contributed by atoms with E-state index in [-0.39, 0.29) is 5.91 Å². The Kier molecular flexibility index (Phi) is 6.56. The van der Waals surface area contributed by atoms with Crippen LogP contribution in [0.2, 0.25) is 0 Å². The molecule has 0 saturated carbocycles. The van der Waals surface area contributed by atoms with Crippen LogP contribution in [0.15, 0.2) is 47.1 Å². The second kappa shape index (κ2) is 10.1. The summed E-state index contributed by atoms with van der Waals surface area (Å²) in [5, 5.41) is 4.21. The van der Waals surface area contributed by atoms with Crippen LogP contribution < -0.4 is 9.47 Å². The molecular formula is C26H29N3O4. The van der Waals surface area contributed by atoms with Gasteiger partial charge in [0.05, 0.1) is 13.2 Å². The predicted molar refractivity (Wildman–Crippen MR) is 123 cm³/mol. The minimum Gasteiger partial charge on any atom is -0.490 e. The van der Waals surface area contributed by atoms with Gasteiger partial charge in [-0.15, -0.1) is 0 Å². The second-order valence-electron chi connectivity index (χ2n) is 8.65. The van der Waals surface area contributed by atoms with E-state index in [1.807, 2.05) is 41.3 Å². The molecule has 33 heavy (non-hydrogen) atoms. The molecule has 1 aliphatic carbocycles. The summed E-state index contributed by atoms with van der Waals surface area (Å²) in [5.41, 5.74) is 2.30. The summed E-state index contributed by atoms with van der Waals surface area (Å²) in [7, 11) is 0. The molecule has 2 aliphatic rings. The molecule has 7 nitrogen and oxygen atoms in total. The van der Waals surface area contributed by atoms with Gasteiger partial charge in [-0.2, -0.15) is 0 Å². The molecule has 0 bridgehead atoms. The zero-order chi connectivity index (χ0) is 22.5. The Morgan fingerprint density at radius 1 is 0.909 bits per heavy atom. The number of amides is 1. The average Bonchev–Trinajstić information content (AvgIpc) is 3.10. The Morgan fingerprint density at radius 2 is 1.76 bits per heavy atom. The molecule has 0 atom stereocenters. The monoisotopic (exact) mass is 447 g/mol. The predicted octanol–water partition coefficient (Wildman–Crippen LogP) is 5.34. The molecule has 1 amide bonds. The highest BCUT2D eigenvalue weighted by atomic mass is 16.5. The van der Waals surface area contributed by atoms with Gasteiger partial charge in [-0.05, 0) is 56.7 Å². The Labute approximate surface area is 193 Å². The summed E-state index contributed by atoms with van der Waals surface area (Å²) >= 11 is 0. The van der Waals surface area contributed by atoms with Crippen LogP contribution >= 0.6 is 0 Å². The molecule has 7 heteroatoms. The first kappa shape index (κ1) is 21.5. The number of rotatable bonds is 1. The Hall–Kier alpha value is -3.35. The van der Waals surface area contributed by atoms with Crippen LogP contribution in [-0.2, 0) is 19.4 Å². The van der Waals surface area contributed by atoms with Crippen molar-refractivity contribution in [2.75, 3.05) is 13.2 Å². The number of ether oxygens (including phenoxy) is 2. The lowest BCUT2D eigenvalue weighted by Gasteiger charge is -2.23. The number of carbonyl (C=O) groups excluding carboxylic acids is 1. The highest BCUT2D eigenvalue weighted by Crippen LogP contribution is 2.33. The van der Waals surface area contributed by atoms with E-state index in [4.69, 9.17) is 14.0 Å². The van der Waals surface area contributed by atoms with E-state index in [1.54, 1.807) is 6.20 Å². The van der Waals surface area contributed by atoms with Crippen molar-refractivity contribution in [3.05, 3.63) is 65.2 Å². The van der Waals surface area contributed by atoms with E-state index in [1.165, 1.54) is 0 Å². The van der Waals surface area contributed by atoms with Gasteiger partial charge in [-0.25, -0.2) is 4.98 Å². The fourth-order valence-electron chi connectivity index (χ4n) is 4.50. The van der Waals surface area contributed by atoms with Crippen molar-refractivity contribution in [1.29, 1.82) is 0 Å². The van der Waals surface area contributed by atoms with Crippen LogP contribution in [-0.4, -0.2) is 34.1 Å². The number of hydrogen-bond acceptors (Lipinski definition) is 6. The maximum absolute atomic E-state index is 13.7. The number of aromatic nitrogens is 2. The van der Waals surface area contributed by atoms with Gasteiger partial charge in [-0.3, -0.25) is 4.79 Å². The van der Waals surface area contributed by atoms with Gasteiger partial charge in [0.25, 0.3) is 5.91 Å². The summed E-state index contributed by atoms with van der Waals surface area (Å²) in [6.07, 6.45) is 9.45. The van der Waals surface area contributed by atoms with E-state index in [2.05, 4.69) is 10.1 Å². The highest BCUT2D eigenvalue weighted by molar-refractivity contribution is 5.94. The summed E-state index contributed by atoms with van der Waals surface area (Å²) < 4.78 is 17.7. The maximum Gasteiger partial charge on any atom is 0.276 e. The molecule has 1 aliphatic heterocycles. The molecule has 0 N–H and O–H groups in total. The Morgan fingerprint density at radius 3 is 2.70 bits per heavy atom. The summed E-state index contributed by atoms with van der Waals surface area (Å²) in [6.45, 7) is 1.62. The first-order valence-corrected chi connectivity index (χ1v) is 11.9. The molecule has 0 fully saturated rings. The minimum atomic E-state index is -0.0803. The van der Waals surface area contributed by atoms with Crippen molar-refractivity contribution in [3.63, 3.8) is 0 Å². The van der Waals surface area contributed by atoms with Crippen LogP contribution in [0.1, 0.15) is 65.9 Å². The largest absolute Gasteiger partial charge is 0.490 e. The Bertz CT molecular complexity index is 1110. The van der Waals surface area contributed by atoms with Crippen LogP contribution in [0.4, 0.5) is 0 Å². The number of nitrogens with zero attached hydrogens (tertiary/aromatic N) is 3. The van der Waals surface area contributed by atoms with Crippen molar-refractivity contribution in [2.45, 2.75) is 57.9 Å². The molecular weight excluding hydrogens is 418 g/mol. The maximum atomic E-state index is 13.7. The zero-order valence-corrected chi connectivity index (χ0v) is 18.8. The molecule has 1 aromatic carbocycles. The topological polar surface area (TPSA) is 77.7 Å². The fourth-order valence-corrected chi connectivity index (χ4v) is 4.50. The number of hydrogen-bond donors (Lipinski definition) is 0. The number of fused-ring (bicyclic) bond motifs is 3. The minimum absolute atomic E-state index is 0.0803. The Balaban J connectivity index is 1.46. The van der Waals surface area contributed by atoms with Gasteiger partial charge in [0.1, 0.15) is 5.76 Å². The van der Waals surface area contributed by atoms with Crippen LogP contribution in [0.25, 0.3) is 0 Å². The van der Waals surface area contributed by atoms with Crippen molar-refractivity contribution in [3.8, 4) is 17.4 Å². The van der Waals surface area contributed by atoms with Crippen molar-refractivity contribution in [2.24, 2.45) is 0 Å². The lowest BCUT2D eigenvalue weighted by Crippen LogP contribution is -2.32.